The van der Waals surface area contributed by atoms with Gasteiger partial charge >= 0.3 is 39.5 Å². The Balaban J connectivity index is 5.39. The van der Waals surface area contributed by atoms with Crippen molar-refractivity contribution >= 4 is 39.5 Å². The standard InChI is InChI=1S/C85H146O17P2/c1-5-9-13-17-21-25-29-33-36-38-39-41-44-47-50-54-58-62-66-70-83(88)96-76-81(102-85(90)72-68-64-60-56-52-48-42-35-31-27-23-19-15-11-7-3)78-100-104(93,94)98-74-79(86)73-97-103(91,92)99-77-80(101-84(89)71-67-63-59-55-51-45-32-28-24-20-16-12-8-4)75-95-82(87)69-65-61-57-53-49-46-43-40-37-34-30-26-22-18-14-10-6-2/h9-10,13-14,21-22,25-26,28,32-37,39,41-42,47,50,79-81,86H,5-8,11-12,15-20,23-24,27,29-31,38,40,43-46,48-49,51-78H2,1-4H3,(H,91,92)(H,93,94)/b13-9-,14-10-,25-21-,26-22-,32-28-,36-33-,37-34-,41-39-,42-35-,50-47-. The van der Waals surface area contributed by atoms with Crippen molar-refractivity contribution in [3.8, 4) is 0 Å². The molecule has 0 aromatic heterocycles. The first-order chi connectivity index (χ1) is 50.7. The minimum absolute atomic E-state index is 0.0759. The predicted octanol–water partition coefficient (Wildman–Crippen LogP) is 23.9. The average molecular weight is 1500 g/mol. The quantitative estimate of drug-likeness (QED) is 0.0169. The lowest BCUT2D eigenvalue weighted by Gasteiger charge is -2.21. The van der Waals surface area contributed by atoms with Gasteiger partial charge in [0.05, 0.1) is 26.4 Å². The Hall–Kier alpha value is -4.54. The first-order valence-corrected chi connectivity index (χ1v) is 43.8. The maximum Gasteiger partial charge on any atom is 0.472 e. The number of aliphatic hydroxyl groups excluding tert-OH is 1. The van der Waals surface area contributed by atoms with Crippen LogP contribution in [-0.4, -0.2) is 96.7 Å². The number of hydrogen-bond donors (Lipinski definition) is 3. The number of phosphoric acid groups is 2. The molecule has 0 bridgehead atoms. The molecule has 0 aliphatic carbocycles. The molecule has 5 unspecified atom stereocenters. The van der Waals surface area contributed by atoms with Crippen LogP contribution in [0.15, 0.2) is 122 Å². The maximum atomic E-state index is 13.1. The second-order valence-electron chi connectivity index (χ2n) is 26.9. The van der Waals surface area contributed by atoms with Gasteiger partial charge in [0, 0.05) is 25.7 Å². The molecule has 598 valence electrons. The minimum atomic E-state index is -4.99. The Bertz CT molecular complexity index is 2440. The van der Waals surface area contributed by atoms with Gasteiger partial charge in [0.1, 0.15) is 19.3 Å². The number of ether oxygens (including phenoxy) is 4. The number of hydrogen-bond acceptors (Lipinski definition) is 15. The minimum Gasteiger partial charge on any atom is -0.462 e. The summed E-state index contributed by atoms with van der Waals surface area (Å²) in [6.07, 6.45) is 84.5. The molecule has 3 N–H and O–H groups in total. The van der Waals surface area contributed by atoms with E-state index in [0.717, 1.165) is 193 Å². The lowest BCUT2D eigenvalue weighted by Crippen LogP contribution is -2.30. The van der Waals surface area contributed by atoms with Crippen molar-refractivity contribution in [2.75, 3.05) is 39.6 Å². The molecule has 0 spiro atoms. The number of aliphatic hydroxyl groups is 1. The molecule has 0 amide bonds. The maximum absolute atomic E-state index is 13.1. The molecular weight excluding hydrogens is 1350 g/mol. The third-order valence-electron chi connectivity index (χ3n) is 16.9. The molecule has 0 fully saturated rings. The van der Waals surface area contributed by atoms with E-state index in [0.29, 0.717) is 25.7 Å². The summed E-state index contributed by atoms with van der Waals surface area (Å²) in [5.74, 6) is -2.23. The highest BCUT2D eigenvalue weighted by atomic mass is 31.2. The molecule has 104 heavy (non-hydrogen) atoms. The Morgan fingerprint density at radius 3 is 0.798 bits per heavy atom. The molecule has 0 saturated heterocycles. The van der Waals surface area contributed by atoms with Crippen LogP contribution in [0.5, 0.6) is 0 Å². The Labute approximate surface area is 632 Å². The van der Waals surface area contributed by atoms with Crippen LogP contribution < -0.4 is 0 Å². The fourth-order valence-electron chi connectivity index (χ4n) is 10.7. The number of rotatable bonds is 76. The molecule has 19 heteroatoms. The zero-order valence-corrected chi connectivity index (χ0v) is 67.2. The summed E-state index contributed by atoms with van der Waals surface area (Å²) in [6.45, 7) is 4.59. The second-order valence-corrected chi connectivity index (χ2v) is 29.8. The van der Waals surface area contributed by atoms with Crippen LogP contribution in [0.3, 0.4) is 0 Å². The van der Waals surface area contributed by atoms with Crippen LogP contribution in [0.4, 0.5) is 0 Å². The number of carbonyl (C=O) groups is 4. The van der Waals surface area contributed by atoms with E-state index in [1.165, 1.54) is 64.2 Å². The topological polar surface area (TPSA) is 237 Å². The molecule has 5 atom stereocenters. The summed E-state index contributed by atoms with van der Waals surface area (Å²) < 4.78 is 68.6. The van der Waals surface area contributed by atoms with Gasteiger partial charge in [-0.3, -0.25) is 37.3 Å². The van der Waals surface area contributed by atoms with Gasteiger partial charge in [-0.05, 0) is 154 Å². The SMILES string of the molecule is CC/C=C\C/C=C\C/C=C\C/C=C\C/C=C\CCCCCC(=O)OCC(COP(=O)(O)OCC(O)COP(=O)(O)OCC(COC(=O)CCCCCCCCC/C=C\C/C=C\C/C=C\CC)OC(=O)CCCCCCC/C=C\CCCCCC)OC(=O)CCCCCCC/C=C\CCCCCCCC. The van der Waals surface area contributed by atoms with Crippen LogP contribution >= 0.6 is 15.6 Å². The second kappa shape index (κ2) is 76.6. The van der Waals surface area contributed by atoms with Crippen molar-refractivity contribution in [3.05, 3.63) is 122 Å². The van der Waals surface area contributed by atoms with Gasteiger partial charge < -0.3 is 33.8 Å². The normalized spacial score (nSPS) is 14.5. The number of phosphoric ester groups is 2. The first-order valence-electron chi connectivity index (χ1n) is 40.8. The van der Waals surface area contributed by atoms with Gasteiger partial charge in [-0.1, -0.05) is 278 Å². The Morgan fingerprint density at radius 1 is 0.279 bits per heavy atom. The van der Waals surface area contributed by atoms with Crippen LogP contribution in [0.1, 0.15) is 336 Å². The summed E-state index contributed by atoms with van der Waals surface area (Å²) >= 11 is 0. The Morgan fingerprint density at radius 2 is 0.500 bits per heavy atom. The molecule has 0 aliphatic heterocycles. The van der Waals surface area contributed by atoms with Gasteiger partial charge in [0.15, 0.2) is 12.2 Å². The highest BCUT2D eigenvalue weighted by Crippen LogP contribution is 2.45. The number of allylic oxidation sites excluding steroid dienone is 20. The van der Waals surface area contributed by atoms with Crippen LogP contribution in [0.2, 0.25) is 0 Å². The van der Waals surface area contributed by atoms with Gasteiger partial charge in [-0.15, -0.1) is 0 Å². The van der Waals surface area contributed by atoms with Crippen molar-refractivity contribution in [3.63, 3.8) is 0 Å². The highest BCUT2D eigenvalue weighted by Gasteiger charge is 2.30. The third kappa shape index (κ3) is 75.7. The molecule has 0 rings (SSSR count). The Kier molecular flexibility index (Phi) is 73.3. The van der Waals surface area contributed by atoms with Crippen molar-refractivity contribution in [2.24, 2.45) is 0 Å². The van der Waals surface area contributed by atoms with Gasteiger partial charge in [0.2, 0.25) is 0 Å². The number of unbranched alkanes of at least 4 members (excludes halogenated alkanes) is 30. The molecule has 0 aromatic carbocycles. The van der Waals surface area contributed by atoms with Crippen molar-refractivity contribution in [2.45, 2.75) is 354 Å². The lowest BCUT2D eigenvalue weighted by molar-refractivity contribution is -0.161. The molecular formula is C85H146O17P2. The van der Waals surface area contributed by atoms with E-state index in [-0.39, 0.29) is 25.7 Å². The van der Waals surface area contributed by atoms with Gasteiger partial charge in [-0.2, -0.15) is 0 Å². The van der Waals surface area contributed by atoms with E-state index < -0.39 is 97.5 Å². The van der Waals surface area contributed by atoms with E-state index >= 15 is 0 Å². The monoisotopic (exact) mass is 1500 g/mol. The van der Waals surface area contributed by atoms with E-state index in [1.54, 1.807) is 0 Å². The first kappa shape index (κ1) is 99.5. The van der Waals surface area contributed by atoms with Gasteiger partial charge in [0.25, 0.3) is 0 Å². The molecule has 0 heterocycles. The average Bonchev–Trinajstić information content (AvgIpc) is 0.911. The summed E-state index contributed by atoms with van der Waals surface area (Å²) in [5, 5.41) is 10.6. The molecule has 0 aliphatic rings. The van der Waals surface area contributed by atoms with Crippen LogP contribution in [0.25, 0.3) is 0 Å². The van der Waals surface area contributed by atoms with E-state index in [4.69, 9.17) is 37.0 Å². The van der Waals surface area contributed by atoms with E-state index in [2.05, 4.69) is 149 Å². The molecule has 0 radical (unpaired) electrons. The molecule has 17 nitrogen and oxygen atoms in total. The fourth-order valence-corrected chi connectivity index (χ4v) is 12.3. The van der Waals surface area contributed by atoms with Crippen molar-refractivity contribution in [1.29, 1.82) is 0 Å². The van der Waals surface area contributed by atoms with E-state index in [9.17, 15) is 43.2 Å². The molecule has 0 aromatic rings. The largest absolute Gasteiger partial charge is 0.472 e. The molecule has 0 saturated carbocycles. The van der Waals surface area contributed by atoms with E-state index in [1.807, 2.05) is 0 Å². The van der Waals surface area contributed by atoms with Crippen molar-refractivity contribution in [1.82, 2.24) is 0 Å². The summed E-state index contributed by atoms with van der Waals surface area (Å²) in [7, 11) is -9.97. The summed E-state index contributed by atoms with van der Waals surface area (Å²) in [4.78, 5) is 73.1. The third-order valence-corrected chi connectivity index (χ3v) is 18.8. The number of carbonyl (C=O) groups excluding carboxylic acids is 4. The fraction of sp³-hybridized carbons (Fsp3) is 0.718. The predicted molar refractivity (Wildman–Crippen MR) is 427 cm³/mol. The number of esters is 4. The highest BCUT2D eigenvalue weighted by molar-refractivity contribution is 7.47. The lowest BCUT2D eigenvalue weighted by atomic mass is 10.1. The van der Waals surface area contributed by atoms with Crippen molar-refractivity contribution < 1.29 is 80.2 Å². The van der Waals surface area contributed by atoms with Crippen LogP contribution in [0, 0.1) is 0 Å². The zero-order chi connectivity index (χ0) is 76.0. The summed E-state index contributed by atoms with van der Waals surface area (Å²) in [6, 6.07) is 0. The summed E-state index contributed by atoms with van der Waals surface area (Å²) in [5.41, 5.74) is 0. The smallest absolute Gasteiger partial charge is 0.462 e. The van der Waals surface area contributed by atoms with Crippen LogP contribution in [-0.2, 0) is 65.4 Å². The zero-order valence-electron chi connectivity index (χ0n) is 65.4. The van der Waals surface area contributed by atoms with Gasteiger partial charge in [-0.25, -0.2) is 9.13 Å².